The van der Waals surface area contributed by atoms with Gasteiger partial charge in [-0.3, -0.25) is 0 Å². The van der Waals surface area contributed by atoms with Crippen molar-refractivity contribution >= 4 is 29.1 Å². The van der Waals surface area contributed by atoms with E-state index < -0.39 is 0 Å². The van der Waals surface area contributed by atoms with E-state index in [-0.39, 0.29) is 5.88 Å². The van der Waals surface area contributed by atoms with Gasteiger partial charge in [0.15, 0.2) is 0 Å². The summed E-state index contributed by atoms with van der Waals surface area (Å²) in [5.74, 6) is 0.953. The first-order valence-electron chi connectivity index (χ1n) is 6.35. The molecular weight excluding hydrogens is 283 g/mol. The molecule has 1 aromatic carbocycles. The predicted molar refractivity (Wildman–Crippen MR) is 77.4 cm³/mol. The molecule has 1 aliphatic carbocycles. The molecule has 0 amide bonds. The number of rotatable bonds is 3. The summed E-state index contributed by atoms with van der Waals surface area (Å²) in [7, 11) is 0. The summed E-state index contributed by atoms with van der Waals surface area (Å²) in [6.45, 7) is 0. The van der Waals surface area contributed by atoms with Crippen molar-refractivity contribution in [1.29, 1.82) is 0 Å². The number of nitrogens with two attached hydrogens (primary N) is 1. The molecule has 1 fully saturated rings. The van der Waals surface area contributed by atoms with Crippen LogP contribution in [0.15, 0.2) is 22.7 Å². The highest BCUT2D eigenvalue weighted by atomic mass is 35.5. The van der Waals surface area contributed by atoms with Crippen molar-refractivity contribution < 1.29 is 4.52 Å². The molecule has 3 rings (SSSR count). The van der Waals surface area contributed by atoms with Gasteiger partial charge in [-0.25, -0.2) is 0 Å². The second kappa shape index (κ2) is 5.06. The highest BCUT2D eigenvalue weighted by molar-refractivity contribution is 6.39. The van der Waals surface area contributed by atoms with Crippen LogP contribution < -0.4 is 5.73 Å². The second-order valence-electron chi connectivity index (χ2n) is 4.97. The van der Waals surface area contributed by atoms with Gasteiger partial charge in [-0.05, 0) is 24.5 Å². The molecule has 5 heteroatoms. The standard InChI is InChI=1S/C14H14Cl2N2O/c15-9-5-2-6-10(16)12(9)13-11(18-19-14(13)17)7-8-3-1-4-8/h2,5-6,8H,1,3-4,7,17H2. The van der Waals surface area contributed by atoms with E-state index in [2.05, 4.69) is 5.16 Å². The van der Waals surface area contributed by atoms with E-state index in [1.54, 1.807) is 12.1 Å². The lowest BCUT2D eigenvalue weighted by molar-refractivity contribution is 0.306. The number of halogens is 2. The molecule has 0 aliphatic heterocycles. The van der Waals surface area contributed by atoms with Gasteiger partial charge in [0.05, 0.1) is 21.3 Å². The normalized spacial score (nSPS) is 15.5. The smallest absolute Gasteiger partial charge is 0.230 e. The Morgan fingerprint density at radius 3 is 2.47 bits per heavy atom. The first-order valence-corrected chi connectivity index (χ1v) is 7.11. The molecule has 0 saturated heterocycles. The molecule has 3 nitrogen and oxygen atoms in total. The van der Waals surface area contributed by atoms with Gasteiger partial charge in [0, 0.05) is 5.56 Å². The van der Waals surface area contributed by atoms with E-state index in [1.807, 2.05) is 6.07 Å². The molecule has 0 unspecified atom stereocenters. The van der Waals surface area contributed by atoms with E-state index in [4.69, 9.17) is 33.5 Å². The number of aromatic nitrogens is 1. The summed E-state index contributed by atoms with van der Waals surface area (Å²) in [5, 5.41) is 5.21. The zero-order chi connectivity index (χ0) is 13.4. The number of anilines is 1. The fraction of sp³-hybridized carbons (Fsp3) is 0.357. The minimum absolute atomic E-state index is 0.282. The van der Waals surface area contributed by atoms with Gasteiger partial charge in [0.1, 0.15) is 0 Å². The second-order valence-corrected chi connectivity index (χ2v) is 5.78. The molecule has 1 heterocycles. The van der Waals surface area contributed by atoms with E-state index in [9.17, 15) is 0 Å². The van der Waals surface area contributed by atoms with Gasteiger partial charge in [0.2, 0.25) is 5.88 Å². The fourth-order valence-electron chi connectivity index (χ4n) is 2.45. The van der Waals surface area contributed by atoms with E-state index in [0.29, 0.717) is 16.0 Å². The molecule has 2 aromatic rings. The molecule has 1 saturated carbocycles. The van der Waals surface area contributed by atoms with Crippen molar-refractivity contribution in [2.45, 2.75) is 25.7 Å². The third kappa shape index (κ3) is 2.33. The summed E-state index contributed by atoms with van der Waals surface area (Å²) in [6, 6.07) is 5.40. The number of nitrogens with zero attached hydrogens (tertiary/aromatic N) is 1. The zero-order valence-electron chi connectivity index (χ0n) is 10.3. The molecule has 1 aliphatic rings. The van der Waals surface area contributed by atoms with Crippen molar-refractivity contribution in [2.75, 3.05) is 5.73 Å². The fourth-order valence-corrected chi connectivity index (χ4v) is 3.04. The Labute approximate surface area is 121 Å². The lowest BCUT2D eigenvalue weighted by Gasteiger charge is -2.24. The Bertz CT molecular complexity index is 585. The van der Waals surface area contributed by atoms with Crippen LogP contribution in [0.2, 0.25) is 10.0 Å². The first-order chi connectivity index (χ1) is 9.16. The summed E-state index contributed by atoms with van der Waals surface area (Å²) >= 11 is 12.5. The molecule has 100 valence electrons. The first kappa shape index (κ1) is 12.8. The van der Waals surface area contributed by atoms with Gasteiger partial charge in [-0.15, -0.1) is 0 Å². The Kier molecular flexibility index (Phi) is 3.42. The van der Waals surface area contributed by atoms with Crippen molar-refractivity contribution in [3.8, 4) is 11.1 Å². The van der Waals surface area contributed by atoms with Crippen LogP contribution in [0.1, 0.15) is 25.0 Å². The number of hydrogen-bond donors (Lipinski definition) is 1. The van der Waals surface area contributed by atoms with E-state index in [0.717, 1.165) is 23.2 Å². The lowest BCUT2D eigenvalue weighted by Crippen LogP contribution is -2.14. The minimum Gasteiger partial charge on any atom is -0.367 e. The number of benzene rings is 1. The van der Waals surface area contributed by atoms with Crippen LogP contribution in [0.3, 0.4) is 0 Å². The number of nitrogen functional groups attached to an aromatic ring is 1. The Morgan fingerprint density at radius 1 is 1.21 bits per heavy atom. The molecule has 2 N–H and O–H groups in total. The van der Waals surface area contributed by atoms with Crippen LogP contribution in [-0.2, 0) is 6.42 Å². The summed E-state index contributed by atoms with van der Waals surface area (Å²) in [4.78, 5) is 0. The zero-order valence-corrected chi connectivity index (χ0v) is 11.8. The van der Waals surface area contributed by atoms with Crippen molar-refractivity contribution in [3.63, 3.8) is 0 Å². The minimum atomic E-state index is 0.282. The Hall–Kier alpha value is -1.19. The third-order valence-corrected chi connectivity index (χ3v) is 4.34. The summed E-state index contributed by atoms with van der Waals surface area (Å²) in [5.41, 5.74) is 8.23. The maximum absolute atomic E-state index is 6.24. The highest BCUT2D eigenvalue weighted by Gasteiger charge is 2.25. The average molecular weight is 297 g/mol. The lowest BCUT2D eigenvalue weighted by atomic mass is 9.81. The molecular formula is C14H14Cl2N2O. The molecule has 0 atom stereocenters. The largest absolute Gasteiger partial charge is 0.367 e. The Morgan fingerprint density at radius 2 is 1.89 bits per heavy atom. The van der Waals surface area contributed by atoms with Crippen LogP contribution in [0.4, 0.5) is 5.88 Å². The number of hydrogen-bond acceptors (Lipinski definition) is 3. The van der Waals surface area contributed by atoms with Crippen LogP contribution >= 0.6 is 23.2 Å². The van der Waals surface area contributed by atoms with Gasteiger partial charge in [0.25, 0.3) is 0 Å². The van der Waals surface area contributed by atoms with Crippen LogP contribution in [-0.4, -0.2) is 5.16 Å². The van der Waals surface area contributed by atoms with Crippen LogP contribution in [0, 0.1) is 5.92 Å². The molecule has 1 aromatic heterocycles. The predicted octanol–water partition coefficient (Wildman–Crippen LogP) is 4.57. The van der Waals surface area contributed by atoms with Gasteiger partial charge >= 0.3 is 0 Å². The van der Waals surface area contributed by atoms with Crippen molar-refractivity contribution in [2.24, 2.45) is 5.92 Å². The quantitative estimate of drug-likeness (QED) is 0.902. The molecule has 0 radical (unpaired) electrons. The van der Waals surface area contributed by atoms with Crippen molar-refractivity contribution in [3.05, 3.63) is 33.9 Å². The van der Waals surface area contributed by atoms with E-state index in [1.165, 1.54) is 19.3 Å². The summed E-state index contributed by atoms with van der Waals surface area (Å²) < 4.78 is 5.14. The maximum Gasteiger partial charge on any atom is 0.230 e. The third-order valence-electron chi connectivity index (χ3n) is 3.71. The SMILES string of the molecule is Nc1onc(CC2CCC2)c1-c1c(Cl)cccc1Cl. The van der Waals surface area contributed by atoms with Crippen LogP contribution in [0.25, 0.3) is 11.1 Å². The van der Waals surface area contributed by atoms with Gasteiger partial charge < -0.3 is 10.3 Å². The average Bonchev–Trinajstić information content (AvgIpc) is 2.66. The van der Waals surface area contributed by atoms with Gasteiger partial charge in [-0.2, -0.15) is 0 Å². The van der Waals surface area contributed by atoms with E-state index >= 15 is 0 Å². The molecule has 0 bridgehead atoms. The monoisotopic (exact) mass is 296 g/mol. The maximum atomic E-state index is 6.24. The van der Waals surface area contributed by atoms with Crippen molar-refractivity contribution in [1.82, 2.24) is 5.16 Å². The van der Waals surface area contributed by atoms with Crippen LogP contribution in [0.5, 0.6) is 0 Å². The van der Waals surface area contributed by atoms with Gasteiger partial charge in [-0.1, -0.05) is 53.7 Å². The highest BCUT2D eigenvalue weighted by Crippen LogP contribution is 2.41. The molecule has 19 heavy (non-hydrogen) atoms. The molecule has 0 spiro atoms. The summed E-state index contributed by atoms with van der Waals surface area (Å²) in [6.07, 6.45) is 4.64. The Balaban J connectivity index is 2.05. The topological polar surface area (TPSA) is 52.0 Å².